The zero-order chi connectivity index (χ0) is 37.3. The quantitative estimate of drug-likeness (QED) is 0.150. The van der Waals surface area contributed by atoms with E-state index in [1.165, 1.54) is 70.6 Å². The number of anilines is 3. The molecule has 0 N–H and O–H groups in total. The monoisotopic (exact) mass is 735 g/mol. The maximum atomic E-state index is 2.43. The molecule has 268 valence electrons. The molecule has 10 rings (SSSR count). The number of hydrogen-bond donors (Lipinski definition) is 0. The predicted octanol–water partition coefficient (Wildman–Crippen LogP) is 15.3. The number of hydrogen-bond acceptors (Lipinski definition) is 2. The summed E-state index contributed by atoms with van der Waals surface area (Å²) in [5, 5.41) is 1.40. The lowest BCUT2D eigenvalue weighted by molar-refractivity contribution is 0.854. The molecule has 1 heterocycles. The number of thiophene rings is 1. The molecular formula is C54H41NS. The Balaban J connectivity index is 0.950. The van der Waals surface area contributed by atoms with E-state index in [0.717, 1.165) is 36.3 Å². The summed E-state index contributed by atoms with van der Waals surface area (Å²) in [4.78, 5) is 3.79. The van der Waals surface area contributed by atoms with Crippen LogP contribution in [0, 0.1) is 0 Å². The second-order valence-corrected chi connectivity index (χ2v) is 15.8. The van der Waals surface area contributed by atoms with E-state index in [2.05, 4.69) is 211 Å². The van der Waals surface area contributed by atoms with E-state index in [0.29, 0.717) is 5.92 Å². The van der Waals surface area contributed by atoms with Crippen LogP contribution in [0.3, 0.4) is 0 Å². The summed E-state index contributed by atoms with van der Waals surface area (Å²) >= 11 is 1.95. The van der Waals surface area contributed by atoms with E-state index in [1.807, 2.05) is 11.3 Å². The molecule has 7 aromatic carbocycles. The molecule has 0 bridgehead atoms. The van der Waals surface area contributed by atoms with Crippen LogP contribution < -0.4 is 4.90 Å². The molecule has 2 heteroatoms. The summed E-state index contributed by atoms with van der Waals surface area (Å²) < 4.78 is 1.38. The van der Waals surface area contributed by atoms with Crippen LogP contribution in [0.4, 0.5) is 17.1 Å². The van der Waals surface area contributed by atoms with E-state index >= 15 is 0 Å². The van der Waals surface area contributed by atoms with E-state index in [-0.39, 0.29) is 0 Å². The average molecular weight is 736 g/mol. The number of nitrogens with zero attached hydrogens (tertiary/aromatic N) is 1. The number of aryl methyl sites for hydroxylation is 1. The molecule has 1 unspecified atom stereocenters. The number of allylic oxidation sites excluding steroid dienone is 5. The van der Waals surface area contributed by atoms with Gasteiger partial charge in [-0.05, 0) is 117 Å². The predicted molar refractivity (Wildman–Crippen MR) is 240 cm³/mol. The molecule has 0 saturated carbocycles. The summed E-state index contributed by atoms with van der Waals surface area (Å²) in [5.41, 5.74) is 16.4. The maximum Gasteiger partial charge on any atom is 0.0462 e. The van der Waals surface area contributed by atoms with Crippen LogP contribution in [0.1, 0.15) is 40.3 Å². The minimum Gasteiger partial charge on any atom is -0.311 e. The van der Waals surface area contributed by atoms with Gasteiger partial charge in [-0.15, -0.1) is 11.3 Å². The van der Waals surface area contributed by atoms with Crippen molar-refractivity contribution in [1.82, 2.24) is 0 Å². The molecule has 0 radical (unpaired) electrons. The minimum absolute atomic E-state index is 0.423. The molecule has 1 nitrogen and oxygen atoms in total. The average Bonchev–Trinajstić information content (AvgIpc) is 3.68. The second kappa shape index (κ2) is 15.0. The third-order valence-electron chi connectivity index (χ3n) is 11.3. The highest BCUT2D eigenvalue weighted by molar-refractivity contribution is 7.21. The molecule has 1 atom stereocenters. The highest BCUT2D eigenvalue weighted by Crippen LogP contribution is 2.46. The van der Waals surface area contributed by atoms with Crippen LogP contribution in [-0.2, 0) is 6.42 Å². The topological polar surface area (TPSA) is 3.24 Å². The molecule has 0 saturated heterocycles. The van der Waals surface area contributed by atoms with Crippen molar-refractivity contribution in [3.05, 3.63) is 228 Å². The van der Waals surface area contributed by atoms with E-state index in [1.54, 1.807) is 0 Å². The molecule has 8 aromatic rings. The Kier molecular flexibility index (Phi) is 9.11. The SMILES string of the molecule is C1=CCC(c2ccc(N(c3ccc(-c4ccccc4)cc3)c3ccc(-c4ccc(-c5cccc6c7c(sc56)C(c5ccccc5)=CCC7)cc4)cc3)cc2)C=C1. The van der Waals surface area contributed by atoms with Crippen molar-refractivity contribution in [2.24, 2.45) is 0 Å². The third-order valence-corrected chi connectivity index (χ3v) is 12.7. The Bertz CT molecular complexity index is 2720. The third kappa shape index (κ3) is 6.53. The summed E-state index contributed by atoms with van der Waals surface area (Å²) in [6.07, 6.45) is 14.5. The van der Waals surface area contributed by atoms with Gasteiger partial charge in [0.1, 0.15) is 0 Å². The standard InChI is InChI=1S/C54H41NS/c1-4-12-38(13-5-1)41-26-32-46(33-27-41)55(47-34-28-42(29-35-47)39-14-6-2-7-15-39)48-36-30-43(31-37-48)40-22-24-45(25-23-40)50-19-11-21-52-51-20-10-18-49(53(51)56-54(50)52)44-16-8-3-9-17-44/h1-9,11-14,16-19,21-37,39H,10,15,20H2. The summed E-state index contributed by atoms with van der Waals surface area (Å²) in [5.74, 6) is 0.423. The number of rotatable bonds is 8. The lowest BCUT2D eigenvalue weighted by atomic mass is 9.91. The second-order valence-electron chi connectivity index (χ2n) is 14.7. The van der Waals surface area contributed by atoms with Crippen molar-refractivity contribution >= 4 is 44.1 Å². The highest BCUT2D eigenvalue weighted by atomic mass is 32.1. The Labute approximate surface area is 333 Å². The van der Waals surface area contributed by atoms with Gasteiger partial charge in [-0.1, -0.05) is 170 Å². The molecular weight excluding hydrogens is 695 g/mol. The molecule has 56 heavy (non-hydrogen) atoms. The minimum atomic E-state index is 0.423. The Morgan fingerprint density at radius 3 is 1.64 bits per heavy atom. The first-order valence-electron chi connectivity index (χ1n) is 19.7. The molecule has 0 fully saturated rings. The molecule has 1 aromatic heterocycles. The molecule has 0 spiro atoms. The maximum absolute atomic E-state index is 2.43. The fourth-order valence-electron chi connectivity index (χ4n) is 8.41. The largest absolute Gasteiger partial charge is 0.311 e. The van der Waals surface area contributed by atoms with Gasteiger partial charge in [-0.25, -0.2) is 0 Å². The van der Waals surface area contributed by atoms with Crippen molar-refractivity contribution in [3.8, 4) is 33.4 Å². The van der Waals surface area contributed by atoms with Gasteiger partial charge in [0.2, 0.25) is 0 Å². The highest BCUT2D eigenvalue weighted by Gasteiger charge is 2.22. The fraction of sp³-hybridized carbons (Fsp3) is 0.0741. The number of benzene rings is 7. The van der Waals surface area contributed by atoms with Gasteiger partial charge in [-0.3, -0.25) is 0 Å². The van der Waals surface area contributed by atoms with Gasteiger partial charge < -0.3 is 4.90 Å². The summed E-state index contributed by atoms with van der Waals surface area (Å²) in [7, 11) is 0. The van der Waals surface area contributed by atoms with Crippen LogP contribution in [0.15, 0.2) is 206 Å². The van der Waals surface area contributed by atoms with Gasteiger partial charge in [-0.2, -0.15) is 0 Å². The Morgan fingerprint density at radius 2 is 1.04 bits per heavy atom. The first-order chi connectivity index (χ1) is 27.8. The van der Waals surface area contributed by atoms with Crippen molar-refractivity contribution < 1.29 is 0 Å². The first-order valence-corrected chi connectivity index (χ1v) is 20.5. The zero-order valence-electron chi connectivity index (χ0n) is 31.2. The van der Waals surface area contributed by atoms with Crippen molar-refractivity contribution in [3.63, 3.8) is 0 Å². The first kappa shape index (κ1) is 34.0. The molecule has 2 aliphatic carbocycles. The van der Waals surface area contributed by atoms with E-state index in [9.17, 15) is 0 Å². The van der Waals surface area contributed by atoms with Gasteiger partial charge in [0.25, 0.3) is 0 Å². The molecule has 2 aliphatic rings. The van der Waals surface area contributed by atoms with Crippen molar-refractivity contribution in [2.45, 2.75) is 25.2 Å². The number of fused-ring (bicyclic) bond motifs is 3. The Morgan fingerprint density at radius 1 is 0.482 bits per heavy atom. The Hall–Kier alpha value is -6.48. The lowest BCUT2D eigenvalue weighted by Gasteiger charge is -2.26. The van der Waals surface area contributed by atoms with Gasteiger partial charge in [0, 0.05) is 32.6 Å². The van der Waals surface area contributed by atoms with Crippen LogP contribution >= 0.6 is 11.3 Å². The van der Waals surface area contributed by atoms with Crippen LogP contribution in [0.25, 0.3) is 49.0 Å². The van der Waals surface area contributed by atoms with Gasteiger partial charge >= 0.3 is 0 Å². The van der Waals surface area contributed by atoms with Gasteiger partial charge in [0.05, 0.1) is 0 Å². The molecule has 0 aliphatic heterocycles. The van der Waals surface area contributed by atoms with E-state index in [4.69, 9.17) is 0 Å². The van der Waals surface area contributed by atoms with Crippen LogP contribution in [0.2, 0.25) is 0 Å². The zero-order valence-corrected chi connectivity index (χ0v) is 32.0. The van der Waals surface area contributed by atoms with Crippen LogP contribution in [-0.4, -0.2) is 0 Å². The van der Waals surface area contributed by atoms with Crippen LogP contribution in [0.5, 0.6) is 0 Å². The normalized spacial score (nSPS) is 14.7. The van der Waals surface area contributed by atoms with Crippen molar-refractivity contribution in [1.29, 1.82) is 0 Å². The fourth-order valence-corrected chi connectivity index (χ4v) is 9.86. The van der Waals surface area contributed by atoms with Gasteiger partial charge in [0.15, 0.2) is 0 Å². The summed E-state index contributed by atoms with van der Waals surface area (Å²) in [6, 6.07) is 64.5. The van der Waals surface area contributed by atoms with E-state index < -0.39 is 0 Å². The lowest BCUT2D eigenvalue weighted by Crippen LogP contribution is -2.10. The molecule has 0 amide bonds. The summed E-state index contributed by atoms with van der Waals surface area (Å²) in [6.45, 7) is 0. The van der Waals surface area contributed by atoms with Crippen molar-refractivity contribution in [2.75, 3.05) is 4.90 Å². The smallest absolute Gasteiger partial charge is 0.0462 e.